The van der Waals surface area contributed by atoms with E-state index in [0.717, 1.165) is 33.7 Å². The Hall–Kier alpha value is -4.89. The third-order valence-electron chi connectivity index (χ3n) is 9.00. The minimum atomic E-state index is 0.0608. The van der Waals surface area contributed by atoms with Crippen LogP contribution in [0, 0.1) is 0 Å². The molecular weight excluding hydrogens is 534 g/mol. The maximum absolute atomic E-state index is 5.11. The molecule has 7 rings (SSSR count). The van der Waals surface area contributed by atoms with Gasteiger partial charge in [-0.3, -0.25) is 4.57 Å². The molecular formula is C41H39N3. The molecule has 0 unspecified atom stereocenters. The Kier molecular flexibility index (Phi) is 6.23. The molecule has 3 heteroatoms. The zero-order chi connectivity index (χ0) is 31.0. The maximum atomic E-state index is 5.11. The largest absolute Gasteiger partial charge is 0.308 e. The highest BCUT2D eigenvalue weighted by Gasteiger charge is 2.21. The van der Waals surface area contributed by atoms with Gasteiger partial charge in [-0.05, 0) is 93.7 Å². The Balaban J connectivity index is 1.44. The Morgan fingerprint density at radius 1 is 0.523 bits per heavy atom. The van der Waals surface area contributed by atoms with Crippen molar-refractivity contribution < 1.29 is 0 Å². The number of nitrogens with zero attached hydrogens (tertiary/aromatic N) is 3. The first-order chi connectivity index (χ1) is 21.0. The van der Waals surface area contributed by atoms with Gasteiger partial charge in [0.05, 0.1) is 34.0 Å². The summed E-state index contributed by atoms with van der Waals surface area (Å²) in [5, 5.41) is 4.92. The zero-order valence-corrected chi connectivity index (χ0v) is 26.6. The third kappa shape index (κ3) is 4.38. The minimum Gasteiger partial charge on any atom is -0.308 e. The molecule has 0 spiro atoms. The van der Waals surface area contributed by atoms with Gasteiger partial charge in [0, 0.05) is 21.5 Å². The molecule has 44 heavy (non-hydrogen) atoms. The summed E-state index contributed by atoms with van der Waals surface area (Å²) in [5.41, 5.74) is 10.6. The molecule has 0 saturated carbocycles. The molecule has 3 aromatic heterocycles. The van der Waals surface area contributed by atoms with Gasteiger partial charge in [0.1, 0.15) is 5.82 Å². The fourth-order valence-corrected chi connectivity index (χ4v) is 6.44. The molecule has 0 saturated heterocycles. The first-order valence-electron chi connectivity index (χ1n) is 15.4. The second-order valence-corrected chi connectivity index (χ2v) is 14.0. The lowest BCUT2D eigenvalue weighted by Crippen LogP contribution is -2.10. The van der Waals surface area contributed by atoms with Crippen LogP contribution in [0.4, 0.5) is 0 Å². The minimum absolute atomic E-state index is 0.0608. The number of pyridine rings is 1. The summed E-state index contributed by atoms with van der Waals surface area (Å²) in [6, 6.07) is 31.2. The van der Waals surface area contributed by atoms with E-state index in [2.05, 4.69) is 149 Å². The molecule has 0 aliphatic rings. The standard InChI is InChI=1S/C41H39N3/c1-9-26-11-16-35-31(21-26)32-22-27(10-2)12-17-36(32)43(35)30-15-20-39(42-25-30)44-37-18-13-28(40(3,4)5)23-33(37)34-24-29(41(6,7)8)14-19-38(34)44/h9-25H,1-2H2,3-8H3. The maximum Gasteiger partial charge on any atom is 0.137 e. The van der Waals surface area contributed by atoms with Gasteiger partial charge in [-0.2, -0.15) is 0 Å². The van der Waals surface area contributed by atoms with E-state index in [1.165, 1.54) is 43.7 Å². The summed E-state index contributed by atoms with van der Waals surface area (Å²) in [6.07, 6.45) is 5.80. The molecule has 0 bridgehead atoms. The van der Waals surface area contributed by atoms with Crippen molar-refractivity contribution in [3.8, 4) is 11.5 Å². The van der Waals surface area contributed by atoms with Crippen molar-refractivity contribution in [2.75, 3.05) is 0 Å². The van der Waals surface area contributed by atoms with E-state index in [-0.39, 0.29) is 10.8 Å². The van der Waals surface area contributed by atoms with Crippen LogP contribution >= 0.6 is 0 Å². The number of aromatic nitrogens is 3. The van der Waals surface area contributed by atoms with E-state index < -0.39 is 0 Å². The predicted octanol–water partition coefficient (Wildman–Crippen LogP) is 11.2. The SMILES string of the molecule is C=Cc1ccc2c(c1)c1cc(C=C)ccc1n2-c1ccc(-n2c3ccc(C(C)(C)C)cc3c3cc(C(C)(C)C)ccc32)nc1. The molecule has 0 amide bonds. The van der Waals surface area contributed by atoms with Gasteiger partial charge in [0.25, 0.3) is 0 Å². The fourth-order valence-electron chi connectivity index (χ4n) is 6.44. The van der Waals surface area contributed by atoms with Crippen LogP contribution in [0.25, 0.3) is 67.3 Å². The summed E-state index contributed by atoms with van der Waals surface area (Å²) in [4.78, 5) is 5.11. The molecule has 0 radical (unpaired) electrons. The topological polar surface area (TPSA) is 22.8 Å². The predicted molar refractivity (Wildman–Crippen MR) is 190 cm³/mol. The third-order valence-corrected chi connectivity index (χ3v) is 9.00. The van der Waals surface area contributed by atoms with Crippen molar-refractivity contribution in [2.24, 2.45) is 0 Å². The summed E-state index contributed by atoms with van der Waals surface area (Å²) < 4.78 is 4.62. The van der Waals surface area contributed by atoms with E-state index >= 15 is 0 Å². The Bertz CT molecular complexity index is 2120. The van der Waals surface area contributed by atoms with E-state index in [1.807, 2.05) is 18.3 Å². The van der Waals surface area contributed by atoms with Crippen molar-refractivity contribution in [3.63, 3.8) is 0 Å². The first-order valence-corrected chi connectivity index (χ1v) is 15.4. The fraction of sp³-hybridized carbons (Fsp3) is 0.195. The van der Waals surface area contributed by atoms with Crippen molar-refractivity contribution in [2.45, 2.75) is 52.4 Å². The highest BCUT2D eigenvalue weighted by Crippen LogP contribution is 2.38. The van der Waals surface area contributed by atoms with Crippen molar-refractivity contribution in [1.29, 1.82) is 0 Å². The van der Waals surface area contributed by atoms with Gasteiger partial charge in [0.2, 0.25) is 0 Å². The van der Waals surface area contributed by atoms with Crippen molar-refractivity contribution in [3.05, 3.63) is 127 Å². The zero-order valence-electron chi connectivity index (χ0n) is 26.6. The van der Waals surface area contributed by atoms with Crippen LogP contribution in [0.15, 0.2) is 104 Å². The van der Waals surface area contributed by atoms with E-state index in [0.29, 0.717) is 0 Å². The summed E-state index contributed by atoms with van der Waals surface area (Å²) in [7, 11) is 0. The lowest BCUT2D eigenvalue weighted by molar-refractivity contribution is 0.590. The molecule has 0 atom stereocenters. The van der Waals surface area contributed by atoms with Gasteiger partial charge in [-0.1, -0.05) is 91.1 Å². The lowest BCUT2D eigenvalue weighted by Gasteiger charge is -2.19. The van der Waals surface area contributed by atoms with E-state index in [1.54, 1.807) is 0 Å². The van der Waals surface area contributed by atoms with Gasteiger partial charge >= 0.3 is 0 Å². The Morgan fingerprint density at radius 2 is 0.955 bits per heavy atom. The van der Waals surface area contributed by atoms with Gasteiger partial charge < -0.3 is 4.57 Å². The summed E-state index contributed by atoms with van der Waals surface area (Å²) >= 11 is 0. The number of fused-ring (bicyclic) bond motifs is 6. The first kappa shape index (κ1) is 27.9. The molecule has 218 valence electrons. The summed E-state index contributed by atoms with van der Waals surface area (Å²) in [6.45, 7) is 21.6. The highest BCUT2D eigenvalue weighted by atomic mass is 15.1. The second-order valence-electron chi connectivity index (χ2n) is 14.0. The molecule has 0 aliphatic heterocycles. The van der Waals surface area contributed by atoms with Crippen LogP contribution in [-0.4, -0.2) is 14.1 Å². The van der Waals surface area contributed by atoms with Crippen LogP contribution in [0.1, 0.15) is 63.8 Å². The highest BCUT2D eigenvalue weighted by molar-refractivity contribution is 6.11. The van der Waals surface area contributed by atoms with Crippen LogP contribution in [0.5, 0.6) is 0 Å². The summed E-state index contributed by atoms with van der Waals surface area (Å²) in [5.74, 6) is 0.907. The molecule has 4 aromatic carbocycles. The number of hydrogen-bond acceptors (Lipinski definition) is 1. The number of benzene rings is 4. The van der Waals surface area contributed by atoms with Gasteiger partial charge in [0.15, 0.2) is 0 Å². The molecule has 0 fully saturated rings. The monoisotopic (exact) mass is 573 g/mol. The lowest BCUT2D eigenvalue weighted by atomic mass is 9.85. The molecule has 0 N–H and O–H groups in total. The molecule has 3 heterocycles. The smallest absolute Gasteiger partial charge is 0.137 e. The van der Waals surface area contributed by atoms with Gasteiger partial charge in [-0.25, -0.2) is 4.98 Å². The van der Waals surface area contributed by atoms with Gasteiger partial charge in [-0.15, -0.1) is 0 Å². The second kappa shape index (κ2) is 9.82. The number of rotatable bonds is 4. The Morgan fingerprint density at radius 3 is 1.36 bits per heavy atom. The average Bonchev–Trinajstić information content (AvgIpc) is 3.51. The van der Waals surface area contributed by atoms with Crippen molar-refractivity contribution >= 4 is 55.8 Å². The van der Waals surface area contributed by atoms with Crippen molar-refractivity contribution in [1.82, 2.24) is 14.1 Å². The average molecular weight is 574 g/mol. The quantitative estimate of drug-likeness (QED) is 0.205. The Labute approximate surface area is 259 Å². The molecule has 3 nitrogen and oxygen atoms in total. The van der Waals surface area contributed by atoms with Crippen LogP contribution in [0.3, 0.4) is 0 Å². The van der Waals surface area contributed by atoms with Crippen LogP contribution < -0.4 is 0 Å². The van der Waals surface area contributed by atoms with E-state index in [4.69, 9.17) is 4.98 Å². The molecule has 7 aromatic rings. The molecule has 0 aliphatic carbocycles. The normalized spacial score (nSPS) is 12.5. The van der Waals surface area contributed by atoms with E-state index in [9.17, 15) is 0 Å². The number of hydrogen-bond donors (Lipinski definition) is 0. The van der Waals surface area contributed by atoms with Crippen LogP contribution in [0.2, 0.25) is 0 Å². The van der Waals surface area contributed by atoms with Crippen LogP contribution in [-0.2, 0) is 10.8 Å².